The Balaban J connectivity index is 1.79. The Morgan fingerprint density at radius 3 is 2.05 bits per heavy atom. The van der Waals surface area contributed by atoms with Gasteiger partial charge in [-0.3, -0.25) is 4.90 Å². The molecule has 2 fully saturated rings. The largest absolute Gasteiger partial charge is 0.396 e. The molecule has 0 aromatic heterocycles. The Morgan fingerprint density at radius 2 is 1.58 bits per heavy atom. The summed E-state index contributed by atoms with van der Waals surface area (Å²) in [5, 5.41) is 9.69. The number of hydrogen-bond acceptors (Lipinski definition) is 3. The number of hydrogen-bond donors (Lipinski definition) is 1. The highest BCUT2D eigenvalue weighted by molar-refractivity contribution is 4.85. The number of aliphatic hydroxyl groups is 1. The van der Waals surface area contributed by atoms with E-state index in [0.29, 0.717) is 6.61 Å². The summed E-state index contributed by atoms with van der Waals surface area (Å²) >= 11 is 0. The molecular weight excluding hydrogens is 236 g/mol. The molecule has 0 amide bonds. The molecule has 0 spiro atoms. The van der Waals surface area contributed by atoms with Gasteiger partial charge in [-0.2, -0.15) is 0 Å². The lowest BCUT2D eigenvalue weighted by molar-refractivity contribution is 0.0312. The third kappa shape index (κ3) is 3.71. The molecule has 1 aliphatic carbocycles. The molecule has 3 nitrogen and oxygen atoms in total. The van der Waals surface area contributed by atoms with Crippen LogP contribution in [0.2, 0.25) is 0 Å². The topological polar surface area (TPSA) is 26.7 Å². The van der Waals surface area contributed by atoms with E-state index in [0.717, 1.165) is 25.4 Å². The molecule has 0 unspecified atom stereocenters. The Labute approximate surface area is 119 Å². The molecule has 0 bridgehead atoms. The lowest BCUT2D eigenvalue weighted by atomic mass is 9.82. The standard InChI is InChI=1S/C16H32N2O/c1-3-16(4-2,14-19)13-17-9-11-18(12-10-17)15-7-5-6-8-15/h15,19H,3-14H2,1-2H3. The van der Waals surface area contributed by atoms with Crippen molar-refractivity contribution in [1.29, 1.82) is 0 Å². The van der Waals surface area contributed by atoms with Crippen molar-refractivity contribution in [3.63, 3.8) is 0 Å². The number of aliphatic hydroxyl groups excluding tert-OH is 1. The molecule has 19 heavy (non-hydrogen) atoms. The fourth-order valence-corrected chi connectivity index (χ4v) is 3.78. The molecule has 1 N–H and O–H groups in total. The van der Waals surface area contributed by atoms with Gasteiger partial charge in [0.25, 0.3) is 0 Å². The summed E-state index contributed by atoms with van der Waals surface area (Å²) in [7, 11) is 0. The highest BCUT2D eigenvalue weighted by atomic mass is 16.3. The van der Waals surface area contributed by atoms with Gasteiger partial charge in [-0.1, -0.05) is 26.7 Å². The minimum Gasteiger partial charge on any atom is -0.396 e. The third-order valence-corrected chi connectivity index (χ3v) is 5.64. The second kappa shape index (κ2) is 7.05. The smallest absolute Gasteiger partial charge is 0.0499 e. The van der Waals surface area contributed by atoms with Crippen LogP contribution in [0.15, 0.2) is 0 Å². The van der Waals surface area contributed by atoms with Crippen molar-refractivity contribution in [2.24, 2.45) is 5.41 Å². The van der Waals surface area contributed by atoms with E-state index in [9.17, 15) is 5.11 Å². The average molecular weight is 268 g/mol. The third-order valence-electron chi connectivity index (χ3n) is 5.64. The summed E-state index contributed by atoms with van der Waals surface area (Å²) < 4.78 is 0. The first-order valence-corrected chi connectivity index (χ1v) is 8.30. The zero-order valence-corrected chi connectivity index (χ0v) is 12.9. The van der Waals surface area contributed by atoms with Crippen LogP contribution in [-0.4, -0.2) is 60.3 Å². The first kappa shape index (κ1) is 15.3. The lowest BCUT2D eigenvalue weighted by Gasteiger charge is -2.42. The van der Waals surface area contributed by atoms with E-state index < -0.39 is 0 Å². The van der Waals surface area contributed by atoms with Crippen molar-refractivity contribution in [3.8, 4) is 0 Å². The number of nitrogens with zero attached hydrogens (tertiary/aromatic N) is 2. The molecule has 1 heterocycles. The van der Waals surface area contributed by atoms with Crippen molar-refractivity contribution in [3.05, 3.63) is 0 Å². The van der Waals surface area contributed by atoms with E-state index in [2.05, 4.69) is 23.6 Å². The van der Waals surface area contributed by atoms with E-state index in [-0.39, 0.29) is 5.41 Å². The lowest BCUT2D eigenvalue weighted by Crippen LogP contribution is -2.52. The Morgan fingerprint density at radius 1 is 1.00 bits per heavy atom. The van der Waals surface area contributed by atoms with E-state index in [1.807, 2.05) is 0 Å². The molecule has 0 atom stereocenters. The summed E-state index contributed by atoms with van der Waals surface area (Å²) in [6.45, 7) is 10.7. The van der Waals surface area contributed by atoms with E-state index in [1.165, 1.54) is 51.9 Å². The molecular formula is C16H32N2O. The summed E-state index contributed by atoms with van der Waals surface area (Å²) in [4.78, 5) is 5.29. The van der Waals surface area contributed by atoms with Crippen molar-refractivity contribution in [2.45, 2.75) is 58.4 Å². The second-order valence-electron chi connectivity index (χ2n) is 6.62. The monoisotopic (exact) mass is 268 g/mol. The zero-order valence-electron chi connectivity index (χ0n) is 12.9. The van der Waals surface area contributed by atoms with Gasteiger partial charge < -0.3 is 10.0 Å². The van der Waals surface area contributed by atoms with Gasteiger partial charge in [0.2, 0.25) is 0 Å². The molecule has 2 rings (SSSR count). The van der Waals surface area contributed by atoms with Gasteiger partial charge >= 0.3 is 0 Å². The quantitative estimate of drug-likeness (QED) is 0.801. The maximum absolute atomic E-state index is 9.69. The van der Waals surface area contributed by atoms with Crippen LogP contribution in [0.1, 0.15) is 52.4 Å². The fraction of sp³-hybridized carbons (Fsp3) is 1.00. The van der Waals surface area contributed by atoms with Crippen LogP contribution in [0.3, 0.4) is 0 Å². The minimum atomic E-state index is 0.134. The van der Waals surface area contributed by atoms with Crippen molar-refractivity contribution in [1.82, 2.24) is 9.80 Å². The van der Waals surface area contributed by atoms with Gasteiger partial charge in [-0.05, 0) is 25.7 Å². The van der Waals surface area contributed by atoms with Gasteiger partial charge in [0, 0.05) is 50.8 Å². The van der Waals surface area contributed by atoms with Gasteiger partial charge in [-0.15, -0.1) is 0 Å². The predicted octanol–water partition coefficient (Wildman–Crippen LogP) is 2.35. The second-order valence-corrected chi connectivity index (χ2v) is 6.62. The van der Waals surface area contributed by atoms with E-state index in [1.54, 1.807) is 0 Å². The highest BCUT2D eigenvalue weighted by Crippen LogP contribution is 2.28. The summed E-state index contributed by atoms with van der Waals surface area (Å²) in [6, 6.07) is 0.877. The summed E-state index contributed by atoms with van der Waals surface area (Å²) in [5.74, 6) is 0. The molecule has 2 aliphatic rings. The Hall–Kier alpha value is -0.120. The first-order valence-electron chi connectivity index (χ1n) is 8.30. The number of piperazine rings is 1. The molecule has 0 radical (unpaired) electrons. The van der Waals surface area contributed by atoms with Crippen molar-refractivity contribution >= 4 is 0 Å². The molecule has 0 aromatic rings. The fourth-order valence-electron chi connectivity index (χ4n) is 3.78. The Kier molecular flexibility index (Phi) is 5.67. The maximum atomic E-state index is 9.69. The van der Waals surface area contributed by atoms with Gasteiger partial charge in [0.05, 0.1) is 0 Å². The molecule has 0 aromatic carbocycles. The average Bonchev–Trinajstić information content (AvgIpc) is 3.00. The maximum Gasteiger partial charge on any atom is 0.0499 e. The van der Waals surface area contributed by atoms with Crippen molar-refractivity contribution in [2.75, 3.05) is 39.3 Å². The zero-order chi connectivity index (χ0) is 13.7. The van der Waals surface area contributed by atoms with Crippen LogP contribution < -0.4 is 0 Å². The van der Waals surface area contributed by atoms with Gasteiger partial charge in [0.15, 0.2) is 0 Å². The van der Waals surface area contributed by atoms with E-state index >= 15 is 0 Å². The van der Waals surface area contributed by atoms with Crippen LogP contribution in [-0.2, 0) is 0 Å². The van der Waals surface area contributed by atoms with Gasteiger partial charge in [-0.25, -0.2) is 0 Å². The first-order chi connectivity index (χ1) is 9.23. The van der Waals surface area contributed by atoms with Crippen LogP contribution >= 0.6 is 0 Å². The molecule has 112 valence electrons. The summed E-state index contributed by atoms with van der Waals surface area (Å²) in [5.41, 5.74) is 0.134. The normalized spacial score (nSPS) is 24.2. The van der Waals surface area contributed by atoms with Crippen LogP contribution in [0.5, 0.6) is 0 Å². The molecule has 1 saturated carbocycles. The van der Waals surface area contributed by atoms with Crippen LogP contribution in [0.25, 0.3) is 0 Å². The SMILES string of the molecule is CCC(CC)(CO)CN1CCN(C2CCCC2)CC1. The van der Waals surface area contributed by atoms with E-state index in [4.69, 9.17) is 0 Å². The molecule has 1 aliphatic heterocycles. The minimum absolute atomic E-state index is 0.134. The number of rotatable bonds is 6. The highest BCUT2D eigenvalue weighted by Gasteiger charge is 2.31. The Bertz CT molecular complexity index is 243. The van der Waals surface area contributed by atoms with Gasteiger partial charge in [0.1, 0.15) is 0 Å². The van der Waals surface area contributed by atoms with Crippen LogP contribution in [0, 0.1) is 5.41 Å². The van der Waals surface area contributed by atoms with Crippen LogP contribution in [0.4, 0.5) is 0 Å². The molecule has 1 saturated heterocycles. The summed E-state index contributed by atoms with van der Waals surface area (Å²) in [6.07, 6.45) is 7.88. The molecule has 3 heteroatoms. The van der Waals surface area contributed by atoms with Crippen molar-refractivity contribution < 1.29 is 5.11 Å². The predicted molar refractivity (Wildman–Crippen MR) is 80.4 cm³/mol.